The average molecular weight is 442 g/mol. The summed E-state index contributed by atoms with van der Waals surface area (Å²) >= 11 is 1.67. The molecule has 2 aromatic carbocycles. The zero-order chi connectivity index (χ0) is 21.8. The fraction of sp³-hybridized carbons (Fsp3) is 0.333. The molecular weight excluding hydrogens is 418 g/mol. The first-order valence-electron chi connectivity index (χ1n) is 9.98. The van der Waals surface area contributed by atoms with E-state index >= 15 is 0 Å². The number of hydrogen-bond acceptors (Lipinski definition) is 8. The lowest BCUT2D eigenvalue weighted by Crippen LogP contribution is -2.48. The molecule has 0 atom stereocenters. The van der Waals surface area contributed by atoms with Crippen LogP contribution in [0.2, 0.25) is 0 Å². The molecule has 162 valence electrons. The van der Waals surface area contributed by atoms with Gasteiger partial charge in [-0.05, 0) is 24.3 Å². The number of thiazole rings is 1. The lowest BCUT2D eigenvalue weighted by atomic mass is 10.2. The number of benzene rings is 2. The molecule has 0 bridgehead atoms. The van der Waals surface area contributed by atoms with Crippen molar-refractivity contribution in [2.75, 3.05) is 51.3 Å². The molecule has 1 saturated heterocycles. The number of piperazine rings is 1. The predicted octanol–water partition coefficient (Wildman–Crippen LogP) is 2.77. The van der Waals surface area contributed by atoms with Gasteiger partial charge in [0.2, 0.25) is 0 Å². The van der Waals surface area contributed by atoms with E-state index in [4.69, 9.17) is 9.72 Å². The van der Waals surface area contributed by atoms with Crippen LogP contribution in [-0.2, 0) is 0 Å². The van der Waals surface area contributed by atoms with Crippen molar-refractivity contribution in [3.8, 4) is 5.75 Å². The van der Waals surface area contributed by atoms with Gasteiger partial charge in [0.25, 0.3) is 11.6 Å². The van der Waals surface area contributed by atoms with E-state index in [2.05, 4.69) is 21.2 Å². The maximum atomic E-state index is 12.2. The third kappa shape index (κ3) is 4.75. The highest BCUT2D eigenvalue weighted by Crippen LogP contribution is 2.34. The van der Waals surface area contributed by atoms with Crippen LogP contribution in [0, 0.1) is 10.1 Å². The molecule has 9 nitrogen and oxygen atoms in total. The largest absolute Gasteiger partial charge is 0.494 e. The number of ether oxygens (including phenoxy) is 1. The van der Waals surface area contributed by atoms with Crippen molar-refractivity contribution in [3.05, 3.63) is 58.1 Å². The van der Waals surface area contributed by atoms with Crippen LogP contribution in [0.15, 0.2) is 42.5 Å². The normalized spacial score (nSPS) is 14.5. The smallest absolute Gasteiger partial charge is 0.269 e. The fourth-order valence-corrected chi connectivity index (χ4v) is 4.57. The Hall–Kier alpha value is -3.24. The SMILES string of the molecule is COc1cccc2sc(N3CCN(CCNC(=O)c4ccc([N+](=O)[O-])cc4)CC3)nc12. The maximum absolute atomic E-state index is 12.2. The molecule has 31 heavy (non-hydrogen) atoms. The molecule has 1 aromatic heterocycles. The lowest BCUT2D eigenvalue weighted by molar-refractivity contribution is -0.384. The summed E-state index contributed by atoms with van der Waals surface area (Å²) in [6, 6.07) is 11.6. The number of fused-ring (bicyclic) bond motifs is 1. The summed E-state index contributed by atoms with van der Waals surface area (Å²) in [4.78, 5) is 31.8. The van der Waals surface area contributed by atoms with Gasteiger partial charge in [0.1, 0.15) is 11.3 Å². The van der Waals surface area contributed by atoms with Crippen LogP contribution < -0.4 is 15.0 Å². The second-order valence-corrected chi connectivity index (χ2v) is 8.20. The molecule has 0 radical (unpaired) electrons. The van der Waals surface area contributed by atoms with E-state index in [1.807, 2.05) is 12.1 Å². The topological polar surface area (TPSA) is 101 Å². The molecule has 3 aromatic rings. The molecule has 4 rings (SSSR count). The standard InChI is InChI=1S/C21H23N5O4S/c1-30-17-3-2-4-18-19(17)23-21(31-18)25-13-11-24(12-14-25)10-9-22-20(27)15-5-7-16(8-6-15)26(28)29/h2-8H,9-14H2,1H3,(H,22,27). The van der Waals surface area contributed by atoms with E-state index in [-0.39, 0.29) is 11.6 Å². The van der Waals surface area contributed by atoms with Crippen molar-refractivity contribution in [2.45, 2.75) is 0 Å². The molecule has 2 heterocycles. The monoisotopic (exact) mass is 441 g/mol. The Balaban J connectivity index is 1.25. The number of methoxy groups -OCH3 is 1. The van der Waals surface area contributed by atoms with E-state index in [0.29, 0.717) is 12.1 Å². The van der Waals surface area contributed by atoms with Crippen LogP contribution in [0.4, 0.5) is 10.8 Å². The summed E-state index contributed by atoms with van der Waals surface area (Å²) in [5.41, 5.74) is 1.30. The minimum Gasteiger partial charge on any atom is -0.494 e. The Labute approximate surface area is 183 Å². The predicted molar refractivity (Wildman–Crippen MR) is 120 cm³/mol. The van der Waals surface area contributed by atoms with Gasteiger partial charge in [-0.2, -0.15) is 0 Å². The minimum absolute atomic E-state index is 0.0269. The first-order valence-corrected chi connectivity index (χ1v) is 10.8. The first-order chi connectivity index (χ1) is 15.0. The van der Waals surface area contributed by atoms with Crippen LogP contribution in [0.1, 0.15) is 10.4 Å². The molecule has 0 unspecified atom stereocenters. The van der Waals surface area contributed by atoms with E-state index in [1.165, 1.54) is 24.3 Å². The lowest BCUT2D eigenvalue weighted by Gasteiger charge is -2.34. The third-order valence-electron chi connectivity index (χ3n) is 5.29. The van der Waals surface area contributed by atoms with Gasteiger partial charge >= 0.3 is 0 Å². The number of nitrogens with zero attached hydrogens (tertiary/aromatic N) is 4. The molecule has 0 aliphatic carbocycles. The van der Waals surface area contributed by atoms with Crippen molar-refractivity contribution in [1.29, 1.82) is 0 Å². The van der Waals surface area contributed by atoms with E-state index in [1.54, 1.807) is 18.4 Å². The number of anilines is 1. The number of nitro groups is 1. The number of nitro benzene ring substituents is 1. The van der Waals surface area contributed by atoms with E-state index < -0.39 is 4.92 Å². The molecule has 1 amide bonds. The Morgan fingerprint density at radius 3 is 2.61 bits per heavy atom. The summed E-state index contributed by atoms with van der Waals surface area (Å²) in [5, 5.41) is 14.6. The molecule has 0 spiro atoms. The van der Waals surface area contributed by atoms with Gasteiger partial charge in [-0.1, -0.05) is 17.4 Å². The van der Waals surface area contributed by atoms with Crippen molar-refractivity contribution >= 4 is 38.3 Å². The number of aromatic nitrogens is 1. The summed E-state index contributed by atoms with van der Waals surface area (Å²) in [5.74, 6) is 0.569. The van der Waals surface area contributed by atoms with E-state index in [0.717, 1.165) is 53.8 Å². The molecule has 1 aliphatic heterocycles. The fourth-order valence-electron chi connectivity index (χ4n) is 3.54. The maximum Gasteiger partial charge on any atom is 0.269 e. The van der Waals surface area contributed by atoms with Gasteiger partial charge < -0.3 is 15.0 Å². The molecule has 1 aliphatic rings. The van der Waals surface area contributed by atoms with Crippen LogP contribution in [-0.4, -0.2) is 67.1 Å². The number of carbonyl (C=O) groups is 1. The Bertz CT molecular complexity index is 1080. The number of rotatable bonds is 7. The van der Waals surface area contributed by atoms with Crippen LogP contribution in [0.5, 0.6) is 5.75 Å². The van der Waals surface area contributed by atoms with Crippen LogP contribution >= 0.6 is 11.3 Å². The Morgan fingerprint density at radius 2 is 1.94 bits per heavy atom. The van der Waals surface area contributed by atoms with Crippen molar-refractivity contribution in [2.24, 2.45) is 0 Å². The summed E-state index contributed by atoms with van der Waals surface area (Å²) in [6.45, 7) is 4.80. The Morgan fingerprint density at radius 1 is 1.19 bits per heavy atom. The van der Waals surface area contributed by atoms with Crippen LogP contribution in [0.25, 0.3) is 10.2 Å². The van der Waals surface area contributed by atoms with Gasteiger partial charge in [0, 0.05) is 57.0 Å². The molecule has 0 saturated carbocycles. The van der Waals surface area contributed by atoms with Gasteiger partial charge in [0.15, 0.2) is 5.13 Å². The number of hydrogen-bond donors (Lipinski definition) is 1. The number of non-ortho nitro benzene ring substituents is 1. The van der Waals surface area contributed by atoms with Gasteiger partial charge in [0.05, 0.1) is 16.7 Å². The quantitative estimate of drug-likeness (QED) is 0.444. The number of carbonyl (C=O) groups excluding carboxylic acids is 1. The number of nitrogens with one attached hydrogen (secondary N) is 1. The first kappa shape index (κ1) is 21.0. The molecule has 10 heteroatoms. The summed E-state index contributed by atoms with van der Waals surface area (Å²) in [6.07, 6.45) is 0. The van der Waals surface area contributed by atoms with Gasteiger partial charge in [-0.3, -0.25) is 19.8 Å². The second kappa shape index (κ2) is 9.27. The van der Waals surface area contributed by atoms with Gasteiger partial charge in [-0.25, -0.2) is 4.98 Å². The Kier molecular flexibility index (Phi) is 6.28. The second-order valence-electron chi connectivity index (χ2n) is 7.19. The third-order valence-corrected chi connectivity index (χ3v) is 6.37. The van der Waals surface area contributed by atoms with Crippen molar-refractivity contribution < 1.29 is 14.5 Å². The highest BCUT2D eigenvalue weighted by molar-refractivity contribution is 7.22. The van der Waals surface area contributed by atoms with Crippen molar-refractivity contribution in [3.63, 3.8) is 0 Å². The van der Waals surface area contributed by atoms with Gasteiger partial charge in [-0.15, -0.1) is 0 Å². The molecule has 1 fully saturated rings. The van der Waals surface area contributed by atoms with E-state index in [9.17, 15) is 14.9 Å². The zero-order valence-corrected chi connectivity index (χ0v) is 17.9. The van der Waals surface area contributed by atoms with Crippen molar-refractivity contribution in [1.82, 2.24) is 15.2 Å². The number of amides is 1. The molecular formula is C21H23N5O4S. The molecule has 1 N–H and O–H groups in total. The number of para-hydroxylation sites is 1. The highest BCUT2D eigenvalue weighted by Gasteiger charge is 2.20. The van der Waals surface area contributed by atoms with Crippen LogP contribution in [0.3, 0.4) is 0 Å². The summed E-state index contributed by atoms with van der Waals surface area (Å²) in [7, 11) is 1.66. The summed E-state index contributed by atoms with van der Waals surface area (Å²) < 4.78 is 6.53. The average Bonchev–Trinajstić information content (AvgIpc) is 3.24. The zero-order valence-electron chi connectivity index (χ0n) is 17.1. The highest BCUT2D eigenvalue weighted by atomic mass is 32.1. The minimum atomic E-state index is -0.480.